The average molecular weight is 154 g/mol. The third-order valence-corrected chi connectivity index (χ3v) is 1.83. The zero-order valence-corrected chi connectivity index (χ0v) is 7.56. The molecule has 1 heterocycles. The second-order valence-electron chi connectivity index (χ2n) is 3.44. The lowest BCUT2D eigenvalue weighted by molar-refractivity contribution is 0.704. The van der Waals surface area contributed by atoms with Crippen LogP contribution in [-0.4, -0.2) is 18.4 Å². The number of hydrogen-bond acceptors (Lipinski definition) is 2. The van der Waals surface area contributed by atoms with Gasteiger partial charge in [0.1, 0.15) is 0 Å². The standard InChI is InChI=1S/C9H18N2/c1-8(2)11-9-6-4-3-5-7-10-9/h8H,3-7H2,1-2H3,(H,10,11). The minimum Gasteiger partial charge on any atom is -0.372 e. The maximum Gasteiger partial charge on any atom is 0.0964 e. The van der Waals surface area contributed by atoms with Gasteiger partial charge in [0.15, 0.2) is 0 Å². The van der Waals surface area contributed by atoms with Crippen molar-refractivity contribution in [1.29, 1.82) is 0 Å². The van der Waals surface area contributed by atoms with Crippen LogP contribution in [0.5, 0.6) is 0 Å². The molecule has 0 saturated carbocycles. The van der Waals surface area contributed by atoms with E-state index in [4.69, 9.17) is 0 Å². The van der Waals surface area contributed by atoms with Crippen molar-refractivity contribution in [3.63, 3.8) is 0 Å². The molecule has 1 N–H and O–H groups in total. The summed E-state index contributed by atoms with van der Waals surface area (Å²) in [5.41, 5.74) is 0. The van der Waals surface area contributed by atoms with E-state index in [9.17, 15) is 0 Å². The number of hydrogen-bond donors (Lipinski definition) is 1. The van der Waals surface area contributed by atoms with Gasteiger partial charge in [0, 0.05) is 19.0 Å². The highest BCUT2D eigenvalue weighted by atomic mass is 15.0. The SMILES string of the molecule is CC(C)NC1=NCCCCC1. The lowest BCUT2D eigenvalue weighted by Crippen LogP contribution is -2.29. The summed E-state index contributed by atoms with van der Waals surface area (Å²) in [5, 5.41) is 3.37. The highest BCUT2D eigenvalue weighted by Gasteiger charge is 2.03. The van der Waals surface area contributed by atoms with Crippen molar-refractivity contribution in [2.75, 3.05) is 6.54 Å². The van der Waals surface area contributed by atoms with Gasteiger partial charge < -0.3 is 5.32 Å². The average Bonchev–Trinajstić information content (AvgIpc) is 2.14. The van der Waals surface area contributed by atoms with Gasteiger partial charge in [-0.25, -0.2) is 0 Å². The van der Waals surface area contributed by atoms with Crippen LogP contribution in [0.25, 0.3) is 0 Å². The smallest absolute Gasteiger partial charge is 0.0964 e. The Balaban J connectivity index is 2.34. The van der Waals surface area contributed by atoms with E-state index >= 15 is 0 Å². The molecule has 0 aliphatic carbocycles. The molecule has 0 atom stereocenters. The predicted molar refractivity (Wildman–Crippen MR) is 49.0 cm³/mol. The Bertz CT molecular complexity index is 138. The van der Waals surface area contributed by atoms with E-state index < -0.39 is 0 Å². The van der Waals surface area contributed by atoms with Crippen LogP contribution >= 0.6 is 0 Å². The molecule has 0 unspecified atom stereocenters. The van der Waals surface area contributed by atoms with Gasteiger partial charge in [0.25, 0.3) is 0 Å². The van der Waals surface area contributed by atoms with E-state index in [1.807, 2.05) is 0 Å². The summed E-state index contributed by atoms with van der Waals surface area (Å²) in [5.74, 6) is 1.22. The van der Waals surface area contributed by atoms with Crippen molar-refractivity contribution >= 4 is 5.84 Å². The first-order chi connectivity index (χ1) is 5.29. The fraction of sp³-hybridized carbons (Fsp3) is 0.889. The minimum atomic E-state index is 0.534. The van der Waals surface area contributed by atoms with E-state index in [2.05, 4.69) is 24.2 Å². The lowest BCUT2D eigenvalue weighted by Gasteiger charge is -2.10. The summed E-state index contributed by atoms with van der Waals surface area (Å²) >= 11 is 0. The van der Waals surface area contributed by atoms with Crippen molar-refractivity contribution in [3.8, 4) is 0 Å². The van der Waals surface area contributed by atoms with Gasteiger partial charge in [-0.05, 0) is 26.7 Å². The number of aliphatic imine (C=N–C) groups is 1. The summed E-state index contributed by atoms with van der Waals surface area (Å²) in [6.45, 7) is 5.34. The molecule has 11 heavy (non-hydrogen) atoms. The van der Waals surface area contributed by atoms with E-state index in [1.54, 1.807) is 0 Å². The molecular weight excluding hydrogens is 136 g/mol. The summed E-state index contributed by atoms with van der Waals surface area (Å²) in [7, 11) is 0. The fourth-order valence-electron chi connectivity index (χ4n) is 1.33. The molecule has 1 aliphatic heterocycles. The van der Waals surface area contributed by atoms with Crippen molar-refractivity contribution in [2.24, 2.45) is 4.99 Å². The van der Waals surface area contributed by atoms with Gasteiger partial charge >= 0.3 is 0 Å². The maximum atomic E-state index is 4.47. The summed E-state index contributed by atoms with van der Waals surface area (Å²) in [6.07, 6.45) is 5.06. The van der Waals surface area contributed by atoms with Crippen LogP contribution in [0.3, 0.4) is 0 Å². The van der Waals surface area contributed by atoms with Gasteiger partial charge in [-0.3, -0.25) is 4.99 Å². The molecule has 0 amide bonds. The molecule has 0 aromatic rings. The molecule has 64 valence electrons. The second kappa shape index (κ2) is 4.37. The molecule has 0 spiro atoms. The highest BCUT2D eigenvalue weighted by molar-refractivity contribution is 5.82. The van der Waals surface area contributed by atoms with Crippen LogP contribution in [0.2, 0.25) is 0 Å². The predicted octanol–water partition coefficient (Wildman–Crippen LogP) is 1.96. The van der Waals surface area contributed by atoms with Crippen LogP contribution in [0.1, 0.15) is 39.5 Å². The molecule has 2 nitrogen and oxygen atoms in total. The van der Waals surface area contributed by atoms with E-state index in [1.165, 1.54) is 25.1 Å². The molecule has 0 radical (unpaired) electrons. The molecule has 0 fully saturated rings. The van der Waals surface area contributed by atoms with Crippen molar-refractivity contribution in [2.45, 2.75) is 45.6 Å². The lowest BCUT2D eigenvalue weighted by atomic mass is 10.2. The Morgan fingerprint density at radius 3 is 2.82 bits per heavy atom. The number of rotatable bonds is 1. The Morgan fingerprint density at radius 2 is 2.09 bits per heavy atom. The Morgan fingerprint density at radius 1 is 1.27 bits per heavy atom. The third-order valence-electron chi connectivity index (χ3n) is 1.83. The molecule has 2 heteroatoms. The number of nitrogens with one attached hydrogen (secondary N) is 1. The summed E-state index contributed by atoms with van der Waals surface area (Å²) in [6, 6.07) is 0.534. The van der Waals surface area contributed by atoms with Crippen LogP contribution < -0.4 is 5.32 Å². The summed E-state index contributed by atoms with van der Waals surface area (Å²) in [4.78, 5) is 4.47. The number of nitrogens with zero attached hydrogens (tertiary/aromatic N) is 1. The Hall–Kier alpha value is -0.530. The van der Waals surface area contributed by atoms with Gasteiger partial charge in [-0.15, -0.1) is 0 Å². The van der Waals surface area contributed by atoms with E-state index in [0.717, 1.165) is 13.0 Å². The molecular formula is C9H18N2. The maximum absolute atomic E-state index is 4.47. The van der Waals surface area contributed by atoms with Gasteiger partial charge in [0.2, 0.25) is 0 Å². The van der Waals surface area contributed by atoms with Gasteiger partial charge in [-0.1, -0.05) is 6.42 Å². The zero-order valence-electron chi connectivity index (χ0n) is 7.56. The molecule has 1 aliphatic rings. The van der Waals surface area contributed by atoms with Crippen LogP contribution in [-0.2, 0) is 0 Å². The van der Waals surface area contributed by atoms with E-state index in [-0.39, 0.29) is 0 Å². The summed E-state index contributed by atoms with van der Waals surface area (Å²) < 4.78 is 0. The molecule has 0 aromatic carbocycles. The van der Waals surface area contributed by atoms with Crippen LogP contribution in [0.15, 0.2) is 4.99 Å². The molecule has 0 aromatic heterocycles. The molecule has 0 saturated heterocycles. The van der Waals surface area contributed by atoms with Crippen molar-refractivity contribution in [1.82, 2.24) is 5.32 Å². The Kier molecular flexibility index (Phi) is 3.40. The zero-order chi connectivity index (χ0) is 8.10. The highest BCUT2D eigenvalue weighted by Crippen LogP contribution is 2.06. The van der Waals surface area contributed by atoms with Crippen molar-refractivity contribution < 1.29 is 0 Å². The van der Waals surface area contributed by atoms with Gasteiger partial charge in [0.05, 0.1) is 5.84 Å². The van der Waals surface area contributed by atoms with Gasteiger partial charge in [-0.2, -0.15) is 0 Å². The first-order valence-electron chi connectivity index (χ1n) is 4.59. The third kappa shape index (κ3) is 3.40. The normalized spacial score (nSPS) is 19.4. The monoisotopic (exact) mass is 154 g/mol. The fourth-order valence-corrected chi connectivity index (χ4v) is 1.33. The quantitative estimate of drug-likeness (QED) is 0.613. The molecule has 0 bridgehead atoms. The first kappa shape index (κ1) is 8.57. The largest absolute Gasteiger partial charge is 0.372 e. The topological polar surface area (TPSA) is 24.4 Å². The van der Waals surface area contributed by atoms with Crippen LogP contribution in [0.4, 0.5) is 0 Å². The second-order valence-corrected chi connectivity index (χ2v) is 3.44. The van der Waals surface area contributed by atoms with Crippen molar-refractivity contribution in [3.05, 3.63) is 0 Å². The number of amidine groups is 1. The first-order valence-corrected chi connectivity index (χ1v) is 4.59. The molecule has 1 rings (SSSR count). The van der Waals surface area contributed by atoms with E-state index in [0.29, 0.717) is 6.04 Å². The Labute approximate surface area is 69.1 Å². The van der Waals surface area contributed by atoms with Crippen LogP contribution in [0, 0.1) is 0 Å². The minimum absolute atomic E-state index is 0.534.